The normalized spacial score (nSPS) is 10.0. The summed E-state index contributed by atoms with van der Waals surface area (Å²) < 4.78 is 0.322. The van der Waals surface area contributed by atoms with Crippen LogP contribution in [0, 0.1) is 10.1 Å². The van der Waals surface area contributed by atoms with Crippen LogP contribution in [-0.4, -0.2) is 21.9 Å². The van der Waals surface area contributed by atoms with E-state index in [1.807, 2.05) is 0 Å². The lowest BCUT2D eigenvalue weighted by Gasteiger charge is -2.09. The molecule has 0 aliphatic carbocycles. The molecule has 0 unspecified atom stereocenters. The molecule has 0 saturated heterocycles. The van der Waals surface area contributed by atoms with Crippen LogP contribution in [0.15, 0.2) is 46.9 Å². The average molecular weight is 365 g/mol. The van der Waals surface area contributed by atoms with Gasteiger partial charge in [-0.15, -0.1) is 0 Å². The highest BCUT2D eigenvalue weighted by atomic mass is 79.9. The molecule has 2 aromatic rings. The number of aromatic carboxylic acids is 1. The standard InChI is InChI=1S/C14H9BrN2O5/c15-11-7-8(17(21)22)5-6-12(11)16-13(18)9-3-1-2-4-10(9)14(19)20/h1-7H,(H,16,18)(H,19,20). The molecule has 7 nitrogen and oxygen atoms in total. The monoisotopic (exact) mass is 364 g/mol. The first-order chi connectivity index (χ1) is 10.4. The molecule has 0 bridgehead atoms. The van der Waals surface area contributed by atoms with Crippen molar-refractivity contribution in [2.45, 2.75) is 0 Å². The SMILES string of the molecule is O=C(O)c1ccccc1C(=O)Nc1ccc([N+](=O)[O-])cc1Br. The number of nitro benzene ring substituents is 1. The third-order valence-electron chi connectivity index (χ3n) is 2.81. The molecule has 0 aromatic heterocycles. The van der Waals surface area contributed by atoms with E-state index in [-0.39, 0.29) is 16.8 Å². The number of anilines is 1. The summed E-state index contributed by atoms with van der Waals surface area (Å²) in [5, 5.41) is 22.2. The fourth-order valence-corrected chi connectivity index (χ4v) is 2.24. The maximum absolute atomic E-state index is 12.2. The van der Waals surface area contributed by atoms with E-state index in [2.05, 4.69) is 21.2 Å². The second-order valence-corrected chi connectivity index (χ2v) is 5.08. The van der Waals surface area contributed by atoms with Crippen LogP contribution in [0.4, 0.5) is 11.4 Å². The van der Waals surface area contributed by atoms with Gasteiger partial charge in [-0.3, -0.25) is 14.9 Å². The molecule has 2 N–H and O–H groups in total. The van der Waals surface area contributed by atoms with E-state index in [0.29, 0.717) is 10.2 Å². The lowest BCUT2D eigenvalue weighted by Crippen LogP contribution is -2.16. The van der Waals surface area contributed by atoms with Crippen molar-refractivity contribution in [3.8, 4) is 0 Å². The molecule has 0 spiro atoms. The van der Waals surface area contributed by atoms with Gasteiger partial charge < -0.3 is 10.4 Å². The molecule has 2 rings (SSSR count). The zero-order chi connectivity index (χ0) is 16.3. The van der Waals surface area contributed by atoms with Crippen molar-refractivity contribution in [1.29, 1.82) is 0 Å². The lowest BCUT2D eigenvalue weighted by atomic mass is 10.1. The van der Waals surface area contributed by atoms with Crippen LogP contribution >= 0.6 is 15.9 Å². The number of nitrogens with one attached hydrogen (secondary N) is 1. The summed E-state index contributed by atoms with van der Waals surface area (Å²) in [5.74, 6) is -1.83. The van der Waals surface area contributed by atoms with Gasteiger partial charge in [0.15, 0.2) is 0 Å². The zero-order valence-corrected chi connectivity index (χ0v) is 12.5. The van der Waals surface area contributed by atoms with Gasteiger partial charge in [-0.05, 0) is 34.1 Å². The van der Waals surface area contributed by atoms with Crippen molar-refractivity contribution in [2.75, 3.05) is 5.32 Å². The summed E-state index contributed by atoms with van der Waals surface area (Å²) in [6.07, 6.45) is 0. The lowest BCUT2D eigenvalue weighted by molar-refractivity contribution is -0.384. The molecule has 0 aliphatic rings. The van der Waals surface area contributed by atoms with E-state index in [9.17, 15) is 19.7 Å². The summed E-state index contributed by atoms with van der Waals surface area (Å²) in [5.41, 5.74) is 0.0462. The molecule has 0 atom stereocenters. The van der Waals surface area contributed by atoms with E-state index in [4.69, 9.17) is 5.11 Å². The van der Waals surface area contributed by atoms with Gasteiger partial charge in [0.25, 0.3) is 11.6 Å². The summed E-state index contributed by atoms with van der Waals surface area (Å²) >= 11 is 3.13. The molecule has 1 amide bonds. The maximum atomic E-state index is 12.2. The zero-order valence-electron chi connectivity index (χ0n) is 10.9. The number of hydrogen-bond acceptors (Lipinski definition) is 4. The van der Waals surface area contributed by atoms with E-state index in [1.165, 1.54) is 36.4 Å². The minimum absolute atomic E-state index is 0.000234. The summed E-state index contributed by atoms with van der Waals surface area (Å²) in [7, 11) is 0. The van der Waals surface area contributed by atoms with Crippen LogP contribution in [0.25, 0.3) is 0 Å². The first-order valence-corrected chi connectivity index (χ1v) is 6.77. The van der Waals surface area contributed by atoms with Crippen molar-refractivity contribution < 1.29 is 19.6 Å². The Morgan fingerprint density at radius 3 is 2.32 bits per heavy atom. The topological polar surface area (TPSA) is 110 Å². The molecule has 2 aromatic carbocycles. The number of carboxylic acid groups (broad SMARTS) is 1. The van der Waals surface area contributed by atoms with Crippen molar-refractivity contribution in [3.05, 3.63) is 68.2 Å². The molecular formula is C14H9BrN2O5. The van der Waals surface area contributed by atoms with Crippen LogP contribution in [-0.2, 0) is 0 Å². The number of carbonyl (C=O) groups is 2. The molecule has 0 heterocycles. The predicted molar refractivity (Wildman–Crippen MR) is 82.2 cm³/mol. The van der Waals surface area contributed by atoms with Gasteiger partial charge in [-0.25, -0.2) is 4.79 Å². The van der Waals surface area contributed by atoms with Gasteiger partial charge in [-0.2, -0.15) is 0 Å². The number of rotatable bonds is 4. The molecule has 0 radical (unpaired) electrons. The summed E-state index contributed by atoms with van der Waals surface area (Å²) in [6, 6.07) is 9.63. The molecular weight excluding hydrogens is 356 g/mol. The second-order valence-electron chi connectivity index (χ2n) is 4.23. The van der Waals surface area contributed by atoms with Gasteiger partial charge in [0.2, 0.25) is 0 Å². The average Bonchev–Trinajstić information content (AvgIpc) is 2.48. The molecule has 8 heteroatoms. The highest BCUT2D eigenvalue weighted by molar-refractivity contribution is 9.10. The van der Waals surface area contributed by atoms with Crippen LogP contribution in [0.5, 0.6) is 0 Å². The summed E-state index contributed by atoms with van der Waals surface area (Å²) in [4.78, 5) is 33.4. The van der Waals surface area contributed by atoms with Crippen LogP contribution in [0.3, 0.4) is 0 Å². The van der Waals surface area contributed by atoms with Gasteiger partial charge >= 0.3 is 5.97 Å². The Labute approximate surface area is 132 Å². The maximum Gasteiger partial charge on any atom is 0.336 e. The van der Waals surface area contributed by atoms with Gasteiger partial charge in [0.05, 0.1) is 21.7 Å². The van der Waals surface area contributed by atoms with Crippen LogP contribution < -0.4 is 5.32 Å². The van der Waals surface area contributed by atoms with Crippen molar-refractivity contribution in [1.82, 2.24) is 0 Å². The summed E-state index contributed by atoms with van der Waals surface area (Å²) in [6.45, 7) is 0. The number of halogens is 1. The smallest absolute Gasteiger partial charge is 0.336 e. The Morgan fingerprint density at radius 2 is 1.77 bits per heavy atom. The molecule has 0 aliphatic heterocycles. The number of nitro groups is 1. The Balaban J connectivity index is 2.30. The highest BCUT2D eigenvalue weighted by Crippen LogP contribution is 2.27. The molecule has 0 saturated carbocycles. The Kier molecular flexibility index (Phi) is 4.52. The third-order valence-corrected chi connectivity index (χ3v) is 3.47. The van der Waals surface area contributed by atoms with Crippen LogP contribution in [0.2, 0.25) is 0 Å². The van der Waals surface area contributed by atoms with Gasteiger partial charge in [0, 0.05) is 16.6 Å². The highest BCUT2D eigenvalue weighted by Gasteiger charge is 2.17. The number of nitrogens with zero attached hydrogens (tertiary/aromatic N) is 1. The minimum Gasteiger partial charge on any atom is -0.478 e. The van der Waals surface area contributed by atoms with Crippen molar-refractivity contribution in [2.24, 2.45) is 0 Å². The quantitative estimate of drug-likeness (QED) is 0.638. The third kappa shape index (κ3) is 3.29. The van der Waals surface area contributed by atoms with Crippen LogP contribution in [0.1, 0.15) is 20.7 Å². The molecule has 22 heavy (non-hydrogen) atoms. The van der Waals surface area contributed by atoms with E-state index < -0.39 is 16.8 Å². The fraction of sp³-hybridized carbons (Fsp3) is 0. The number of benzene rings is 2. The van der Waals surface area contributed by atoms with Gasteiger partial charge in [0.1, 0.15) is 0 Å². The predicted octanol–water partition coefficient (Wildman–Crippen LogP) is 3.31. The molecule has 112 valence electrons. The Hall–Kier alpha value is -2.74. The van der Waals surface area contributed by atoms with Gasteiger partial charge in [-0.1, -0.05) is 12.1 Å². The second kappa shape index (κ2) is 6.35. The number of amides is 1. The van der Waals surface area contributed by atoms with E-state index in [1.54, 1.807) is 6.07 Å². The number of hydrogen-bond donors (Lipinski definition) is 2. The van der Waals surface area contributed by atoms with Crippen molar-refractivity contribution >= 4 is 39.2 Å². The first-order valence-electron chi connectivity index (χ1n) is 5.97. The number of carboxylic acids is 1. The number of non-ortho nitro benzene ring substituents is 1. The van der Waals surface area contributed by atoms with E-state index >= 15 is 0 Å². The first kappa shape index (κ1) is 15.6. The minimum atomic E-state index is -1.21. The van der Waals surface area contributed by atoms with E-state index in [0.717, 1.165) is 0 Å². The van der Waals surface area contributed by atoms with Crippen molar-refractivity contribution in [3.63, 3.8) is 0 Å². The Bertz CT molecular complexity index is 776. The fourth-order valence-electron chi connectivity index (χ4n) is 1.78. The number of carbonyl (C=O) groups excluding carboxylic acids is 1. The molecule has 0 fully saturated rings. The largest absolute Gasteiger partial charge is 0.478 e. The Morgan fingerprint density at radius 1 is 1.14 bits per heavy atom.